The third-order valence-electron chi connectivity index (χ3n) is 5.93. The zero-order valence-corrected chi connectivity index (χ0v) is 12.5. The van der Waals surface area contributed by atoms with Gasteiger partial charge in [-0.25, -0.2) is 0 Å². The van der Waals surface area contributed by atoms with Crippen molar-refractivity contribution < 1.29 is 0 Å². The molecule has 0 spiro atoms. The minimum absolute atomic E-state index is 0.906. The highest BCUT2D eigenvalue weighted by molar-refractivity contribution is 6.71. The van der Waals surface area contributed by atoms with E-state index in [4.69, 9.17) is 0 Å². The van der Waals surface area contributed by atoms with Crippen molar-refractivity contribution in [3.8, 4) is 0 Å². The number of hydrogen-bond donors (Lipinski definition) is 0. The molecule has 0 saturated heterocycles. The summed E-state index contributed by atoms with van der Waals surface area (Å²) < 4.78 is 0. The fraction of sp³-hybridized carbons (Fsp3) is 0.150. The van der Waals surface area contributed by atoms with Gasteiger partial charge in [0.15, 0.2) is 0 Å². The summed E-state index contributed by atoms with van der Waals surface area (Å²) in [6, 6.07) is 9.60. The topological polar surface area (TPSA) is 0 Å². The quantitative estimate of drug-likeness (QED) is 0.340. The van der Waals surface area contributed by atoms with Crippen LogP contribution in [0.15, 0.2) is 24.3 Å². The average molecular weight is 279 g/mol. The van der Waals surface area contributed by atoms with Crippen LogP contribution in [0.2, 0.25) is 0 Å². The van der Waals surface area contributed by atoms with Crippen LogP contribution < -0.4 is 10.4 Å². The van der Waals surface area contributed by atoms with Gasteiger partial charge in [-0.1, -0.05) is 35.1 Å². The lowest BCUT2D eigenvalue weighted by atomic mass is 9.96. The lowest BCUT2D eigenvalue weighted by Crippen LogP contribution is -2.32. The number of benzene rings is 3. The van der Waals surface area contributed by atoms with E-state index in [1.54, 1.807) is 65.0 Å². The third-order valence-corrected chi connectivity index (χ3v) is 7.20. The van der Waals surface area contributed by atoms with E-state index in [0.29, 0.717) is 0 Å². The van der Waals surface area contributed by atoms with E-state index in [-0.39, 0.29) is 0 Å². The summed E-state index contributed by atoms with van der Waals surface area (Å²) in [5.41, 5.74) is 10.4. The Bertz CT molecular complexity index is 1140. The second-order valence-corrected chi connectivity index (χ2v) is 8.02. The van der Waals surface area contributed by atoms with Crippen molar-refractivity contribution in [2.75, 3.05) is 0 Å². The maximum Gasteiger partial charge on any atom is 0.0557 e. The molecule has 0 amide bonds. The minimum atomic E-state index is 0.906. The van der Waals surface area contributed by atoms with Crippen molar-refractivity contribution in [2.45, 2.75) is 19.3 Å². The molecule has 1 heterocycles. The summed E-state index contributed by atoms with van der Waals surface area (Å²) in [7, 11) is 0.906. The first-order chi connectivity index (χ1) is 10.4. The van der Waals surface area contributed by atoms with Gasteiger partial charge in [0.25, 0.3) is 0 Å². The Morgan fingerprint density at radius 2 is 1.24 bits per heavy atom. The molecule has 95 valence electrons. The molecule has 4 aliphatic rings. The van der Waals surface area contributed by atoms with Crippen LogP contribution in [0.25, 0.3) is 32.3 Å². The lowest BCUT2D eigenvalue weighted by molar-refractivity contribution is 1.26. The Hall–Kier alpha value is -1.99. The fourth-order valence-electron chi connectivity index (χ4n) is 5.18. The standard InChI is InChI=1S/C20H11Si/c1-2-11-6-13-8-21-14-7-12-4-3-10-5-9(1)15-16(10)18(12)20(14)19(13)17(11)15/h1-4,8H,5-7H2. The van der Waals surface area contributed by atoms with Gasteiger partial charge in [-0.15, -0.1) is 0 Å². The van der Waals surface area contributed by atoms with E-state index in [0.717, 1.165) is 15.6 Å². The minimum Gasteiger partial charge on any atom is -0.0728 e. The van der Waals surface area contributed by atoms with Crippen molar-refractivity contribution >= 4 is 47.1 Å². The lowest BCUT2D eigenvalue weighted by Gasteiger charge is -2.07. The SMILES string of the molecule is C1=[Si]C2=c3c4c5c(ccc6c5c5c(ccc(c35)C2)C6)CC=41. The molecule has 0 bridgehead atoms. The van der Waals surface area contributed by atoms with E-state index in [9.17, 15) is 0 Å². The highest BCUT2D eigenvalue weighted by Gasteiger charge is 2.29. The number of rotatable bonds is 0. The smallest absolute Gasteiger partial charge is 0.0557 e. The van der Waals surface area contributed by atoms with Crippen molar-refractivity contribution in [2.24, 2.45) is 0 Å². The van der Waals surface area contributed by atoms with Gasteiger partial charge in [0.05, 0.1) is 9.13 Å². The molecular weight excluding hydrogens is 268 g/mol. The van der Waals surface area contributed by atoms with Gasteiger partial charge in [0.1, 0.15) is 0 Å². The fourth-order valence-corrected chi connectivity index (χ4v) is 6.46. The molecule has 0 nitrogen and oxygen atoms in total. The Morgan fingerprint density at radius 1 is 0.619 bits per heavy atom. The summed E-state index contributed by atoms with van der Waals surface area (Å²) in [4.78, 5) is 0. The summed E-state index contributed by atoms with van der Waals surface area (Å²) in [6.07, 6.45) is 3.51. The maximum atomic E-state index is 2.54. The van der Waals surface area contributed by atoms with Crippen molar-refractivity contribution in [3.05, 3.63) is 57.0 Å². The molecule has 3 aliphatic carbocycles. The predicted octanol–water partition coefficient (Wildman–Crippen LogP) is 1.79. The molecule has 7 rings (SSSR count). The van der Waals surface area contributed by atoms with Crippen molar-refractivity contribution in [1.82, 2.24) is 0 Å². The van der Waals surface area contributed by atoms with Crippen LogP contribution in [0.1, 0.15) is 22.3 Å². The molecule has 0 aromatic heterocycles. The van der Waals surface area contributed by atoms with Crippen LogP contribution in [-0.2, 0) is 19.3 Å². The van der Waals surface area contributed by atoms with Gasteiger partial charge in [-0.05, 0) is 79.1 Å². The molecule has 0 atom stereocenters. The van der Waals surface area contributed by atoms with Crippen LogP contribution in [0.4, 0.5) is 0 Å². The molecule has 3 aromatic rings. The Kier molecular flexibility index (Phi) is 1.32. The van der Waals surface area contributed by atoms with Gasteiger partial charge < -0.3 is 0 Å². The third kappa shape index (κ3) is 0.866. The van der Waals surface area contributed by atoms with Crippen LogP contribution in [0.5, 0.6) is 0 Å². The van der Waals surface area contributed by atoms with E-state index >= 15 is 0 Å². The molecule has 1 aliphatic heterocycles. The van der Waals surface area contributed by atoms with Crippen LogP contribution in [-0.4, -0.2) is 14.8 Å². The van der Waals surface area contributed by atoms with Gasteiger partial charge in [-0.2, -0.15) is 0 Å². The van der Waals surface area contributed by atoms with E-state index in [1.807, 2.05) is 0 Å². The first-order valence-electron chi connectivity index (χ1n) is 7.77. The monoisotopic (exact) mass is 279 g/mol. The largest absolute Gasteiger partial charge is 0.0728 e. The van der Waals surface area contributed by atoms with Gasteiger partial charge >= 0.3 is 0 Å². The highest BCUT2D eigenvalue weighted by atomic mass is 28.2. The molecule has 0 saturated carbocycles. The van der Waals surface area contributed by atoms with E-state index < -0.39 is 0 Å². The average Bonchev–Trinajstić information content (AvgIpc) is 3.14. The molecule has 21 heavy (non-hydrogen) atoms. The van der Waals surface area contributed by atoms with Crippen LogP contribution in [0, 0.1) is 0 Å². The van der Waals surface area contributed by atoms with E-state index in [2.05, 4.69) is 29.9 Å². The van der Waals surface area contributed by atoms with Gasteiger partial charge in [-0.3, -0.25) is 0 Å². The van der Waals surface area contributed by atoms with Crippen molar-refractivity contribution in [3.63, 3.8) is 0 Å². The first kappa shape index (κ1) is 9.86. The summed E-state index contributed by atoms with van der Waals surface area (Å²) in [6.45, 7) is 0. The molecule has 0 fully saturated rings. The zero-order chi connectivity index (χ0) is 13.3. The molecular formula is C20H11Si. The van der Waals surface area contributed by atoms with Gasteiger partial charge in [0, 0.05) is 0 Å². The molecule has 1 heteroatoms. The summed E-state index contributed by atoms with van der Waals surface area (Å²) >= 11 is 0. The Balaban J connectivity index is 2.06. The maximum absolute atomic E-state index is 2.54. The molecule has 0 N–H and O–H groups in total. The summed E-state index contributed by atoms with van der Waals surface area (Å²) in [5, 5.41) is 11.4. The molecule has 1 radical (unpaired) electrons. The second kappa shape index (κ2) is 2.82. The highest BCUT2D eigenvalue weighted by Crippen LogP contribution is 2.41. The normalized spacial score (nSPS) is 18.5. The predicted molar refractivity (Wildman–Crippen MR) is 89.6 cm³/mol. The Morgan fingerprint density at radius 3 is 2.00 bits per heavy atom. The van der Waals surface area contributed by atoms with Crippen molar-refractivity contribution in [1.29, 1.82) is 0 Å². The Labute approximate surface area is 123 Å². The summed E-state index contributed by atoms with van der Waals surface area (Å²) in [5.74, 6) is 0. The molecule has 0 unspecified atom stereocenters. The zero-order valence-electron chi connectivity index (χ0n) is 11.5. The number of hydrogen-bond acceptors (Lipinski definition) is 0. The van der Waals surface area contributed by atoms with Gasteiger partial charge in [0.2, 0.25) is 0 Å². The molecule has 3 aromatic carbocycles. The van der Waals surface area contributed by atoms with Crippen LogP contribution >= 0.6 is 0 Å². The van der Waals surface area contributed by atoms with E-state index in [1.165, 1.54) is 12.8 Å². The second-order valence-electron chi connectivity index (χ2n) is 6.84. The van der Waals surface area contributed by atoms with Crippen LogP contribution in [0.3, 0.4) is 0 Å². The first-order valence-corrected chi connectivity index (χ1v) is 8.85.